The van der Waals surface area contributed by atoms with Gasteiger partial charge in [0, 0.05) is 19.5 Å². The van der Waals surface area contributed by atoms with Crippen LogP contribution in [-0.2, 0) is 20.5 Å². The van der Waals surface area contributed by atoms with E-state index in [1.165, 1.54) is 6.07 Å². The summed E-state index contributed by atoms with van der Waals surface area (Å²) in [7, 11) is 0. The van der Waals surface area contributed by atoms with E-state index in [2.05, 4.69) is 5.32 Å². The number of benzene rings is 1. The van der Waals surface area contributed by atoms with Gasteiger partial charge in [0.1, 0.15) is 0 Å². The topological polar surface area (TPSA) is 58.6 Å². The third-order valence-electron chi connectivity index (χ3n) is 3.95. The van der Waals surface area contributed by atoms with E-state index in [-0.39, 0.29) is 12.1 Å². The van der Waals surface area contributed by atoms with Crippen molar-refractivity contribution in [2.75, 3.05) is 29.9 Å². The normalized spacial score (nSPS) is 15.0. The van der Waals surface area contributed by atoms with Gasteiger partial charge in [0.05, 0.1) is 16.9 Å². The van der Waals surface area contributed by atoms with Gasteiger partial charge < -0.3 is 15.0 Å². The van der Waals surface area contributed by atoms with Gasteiger partial charge in [0.25, 0.3) is 5.91 Å². The van der Waals surface area contributed by atoms with Gasteiger partial charge in [-0.15, -0.1) is 0 Å². The maximum atomic E-state index is 13.0. The zero-order chi connectivity index (χ0) is 18.4. The van der Waals surface area contributed by atoms with Crippen LogP contribution in [0.15, 0.2) is 18.2 Å². The first-order chi connectivity index (χ1) is 11.8. The van der Waals surface area contributed by atoms with Crippen LogP contribution in [0, 0.1) is 0 Å². The zero-order valence-electron chi connectivity index (χ0n) is 14.0. The molecule has 5 nitrogen and oxygen atoms in total. The Balaban J connectivity index is 2.21. The maximum Gasteiger partial charge on any atom is 0.416 e. The van der Waals surface area contributed by atoms with Crippen LogP contribution in [0.4, 0.5) is 24.5 Å². The molecule has 8 heteroatoms. The van der Waals surface area contributed by atoms with Crippen LogP contribution in [0.2, 0.25) is 0 Å². The molecule has 1 aromatic carbocycles. The first-order valence-electron chi connectivity index (χ1n) is 8.23. The smallest absolute Gasteiger partial charge is 0.416 e. The number of ether oxygens (including phenoxy) is 1. The molecule has 1 saturated heterocycles. The fraction of sp³-hybridized carbons (Fsp3) is 0.529. The molecule has 2 rings (SSSR count). The molecule has 1 N–H and O–H groups in total. The van der Waals surface area contributed by atoms with Gasteiger partial charge in [-0.25, -0.2) is 0 Å². The molecule has 138 valence electrons. The van der Waals surface area contributed by atoms with Gasteiger partial charge in [0.2, 0.25) is 0 Å². The Hall–Kier alpha value is -2.25. The summed E-state index contributed by atoms with van der Waals surface area (Å²) in [6, 6.07) is 3.31. The summed E-state index contributed by atoms with van der Waals surface area (Å²) in [4.78, 5) is 25.0. The Morgan fingerprint density at radius 2 is 1.88 bits per heavy atom. The number of rotatable bonds is 5. The number of nitrogens with zero attached hydrogens (tertiary/aromatic N) is 1. The summed E-state index contributed by atoms with van der Waals surface area (Å²) < 4.78 is 43.7. The van der Waals surface area contributed by atoms with Crippen molar-refractivity contribution in [3.05, 3.63) is 23.8 Å². The Labute approximate surface area is 144 Å². The molecule has 1 amide bonds. The summed E-state index contributed by atoms with van der Waals surface area (Å²) in [6.07, 6.45) is -1.42. The van der Waals surface area contributed by atoms with Gasteiger partial charge in [-0.2, -0.15) is 13.2 Å². The highest BCUT2D eigenvalue weighted by Gasteiger charge is 2.31. The van der Waals surface area contributed by atoms with Crippen LogP contribution in [0.25, 0.3) is 0 Å². The first-order valence-corrected chi connectivity index (χ1v) is 8.23. The lowest BCUT2D eigenvalue weighted by Crippen LogP contribution is -2.31. The van der Waals surface area contributed by atoms with Crippen molar-refractivity contribution in [2.24, 2.45) is 0 Å². The van der Waals surface area contributed by atoms with Crippen LogP contribution >= 0.6 is 0 Å². The van der Waals surface area contributed by atoms with E-state index < -0.39 is 30.2 Å². The van der Waals surface area contributed by atoms with Crippen molar-refractivity contribution in [1.29, 1.82) is 0 Å². The number of halogens is 3. The Bertz CT molecular complexity index is 626. The highest BCUT2D eigenvalue weighted by Crippen LogP contribution is 2.36. The van der Waals surface area contributed by atoms with Crippen molar-refractivity contribution < 1.29 is 27.5 Å². The van der Waals surface area contributed by atoms with Gasteiger partial charge >= 0.3 is 12.1 Å². The van der Waals surface area contributed by atoms with Crippen LogP contribution < -0.4 is 10.2 Å². The number of anilines is 2. The average Bonchev–Trinajstić information content (AvgIpc) is 2.59. The molecule has 1 aliphatic heterocycles. The Morgan fingerprint density at radius 1 is 1.20 bits per heavy atom. The molecule has 0 bridgehead atoms. The second-order valence-electron chi connectivity index (χ2n) is 5.84. The fourth-order valence-electron chi connectivity index (χ4n) is 2.66. The van der Waals surface area contributed by atoms with Crippen LogP contribution in [0.5, 0.6) is 0 Å². The SMILES string of the molecule is CCC(=O)OCC(=O)Nc1cc(C(F)(F)F)ccc1N1CCCCC1. The van der Waals surface area contributed by atoms with Crippen LogP contribution in [0.1, 0.15) is 38.2 Å². The number of alkyl halides is 3. The number of piperidine rings is 1. The highest BCUT2D eigenvalue weighted by atomic mass is 19.4. The summed E-state index contributed by atoms with van der Waals surface area (Å²) in [5, 5.41) is 2.44. The van der Waals surface area contributed by atoms with E-state index in [4.69, 9.17) is 4.74 Å². The number of carbonyl (C=O) groups excluding carboxylic acids is 2. The van der Waals surface area contributed by atoms with E-state index in [0.29, 0.717) is 5.69 Å². The lowest BCUT2D eigenvalue weighted by atomic mass is 10.1. The standard InChI is InChI=1S/C17H21F3N2O3/c1-2-16(24)25-11-15(23)21-13-10-12(17(18,19)20)6-7-14(13)22-8-4-3-5-9-22/h6-7,10H,2-5,8-9,11H2,1H3,(H,21,23). The summed E-state index contributed by atoms with van der Waals surface area (Å²) >= 11 is 0. The molecule has 1 heterocycles. The predicted octanol–water partition coefficient (Wildman–Crippen LogP) is 3.59. The minimum absolute atomic E-state index is 0.0780. The zero-order valence-corrected chi connectivity index (χ0v) is 14.0. The second kappa shape index (κ2) is 8.22. The maximum absolute atomic E-state index is 13.0. The number of hydrogen-bond acceptors (Lipinski definition) is 4. The van der Waals surface area contributed by atoms with E-state index in [9.17, 15) is 22.8 Å². The Kier molecular flexibility index (Phi) is 6.27. The molecule has 1 fully saturated rings. The molecule has 0 aromatic heterocycles. The molecule has 0 atom stereocenters. The molecule has 0 unspecified atom stereocenters. The molecule has 25 heavy (non-hydrogen) atoms. The van der Waals surface area contributed by atoms with Gasteiger partial charge in [-0.05, 0) is 37.5 Å². The highest BCUT2D eigenvalue weighted by molar-refractivity contribution is 5.96. The van der Waals surface area contributed by atoms with Crippen molar-refractivity contribution in [3.63, 3.8) is 0 Å². The third-order valence-corrected chi connectivity index (χ3v) is 3.95. The largest absolute Gasteiger partial charge is 0.456 e. The molecule has 0 aliphatic carbocycles. The van der Waals surface area contributed by atoms with E-state index in [1.54, 1.807) is 6.92 Å². The van der Waals surface area contributed by atoms with Gasteiger partial charge in [-0.1, -0.05) is 6.92 Å². The summed E-state index contributed by atoms with van der Waals surface area (Å²) in [5.74, 6) is -1.21. The summed E-state index contributed by atoms with van der Waals surface area (Å²) in [6.45, 7) is 2.50. The lowest BCUT2D eigenvalue weighted by Gasteiger charge is -2.31. The predicted molar refractivity (Wildman–Crippen MR) is 87.4 cm³/mol. The van der Waals surface area contributed by atoms with E-state index in [1.807, 2.05) is 4.90 Å². The minimum atomic E-state index is -4.51. The number of amides is 1. The van der Waals surface area contributed by atoms with Crippen molar-refractivity contribution in [2.45, 2.75) is 38.8 Å². The molecule has 1 aromatic rings. The van der Waals surface area contributed by atoms with Crippen LogP contribution in [-0.4, -0.2) is 31.6 Å². The molecular weight excluding hydrogens is 337 g/mol. The van der Waals surface area contributed by atoms with Crippen molar-refractivity contribution >= 4 is 23.3 Å². The minimum Gasteiger partial charge on any atom is -0.456 e. The quantitative estimate of drug-likeness (QED) is 0.818. The number of hydrogen-bond donors (Lipinski definition) is 1. The monoisotopic (exact) mass is 358 g/mol. The Morgan fingerprint density at radius 3 is 2.48 bits per heavy atom. The number of esters is 1. The van der Waals surface area contributed by atoms with E-state index in [0.717, 1.165) is 44.5 Å². The molecule has 0 saturated carbocycles. The van der Waals surface area contributed by atoms with Crippen molar-refractivity contribution in [3.8, 4) is 0 Å². The van der Waals surface area contributed by atoms with Crippen molar-refractivity contribution in [1.82, 2.24) is 0 Å². The molecule has 0 spiro atoms. The molecular formula is C17H21F3N2O3. The second-order valence-corrected chi connectivity index (χ2v) is 5.84. The number of nitrogens with one attached hydrogen (secondary N) is 1. The van der Waals surface area contributed by atoms with E-state index >= 15 is 0 Å². The summed E-state index contributed by atoms with van der Waals surface area (Å²) in [5.41, 5.74) is -0.216. The first kappa shape index (κ1) is 19.1. The number of carbonyl (C=O) groups is 2. The average molecular weight is 358 g/mol. The lowest BCUT2D eigenvalue weighted by molar-refractivity contribution is -0.146. The fourth-order valence-corrected chi connectivity index (χ4v) is 2.66. The molecule has 1 aliphatic rings. The van der Waals surface area contributed by atoms with Gasteiger partial charge in [0.15, 0.2) is 6.61 Å². The molecule has 0 radical (unpaired) electrons. The van der Waals surface area contributed by atoms with Gasteiger partial charge in [-0.3, -0.25) is 9.59 Å². The van der Waals surface area contributed by atoms with Crippen LogP contribution in [0.3, 0.4) is 0 Å². The third kappa shape index (κ3) is 5.37.